The average molecular weight is 398 g/mol. The Morgan fingerprint density at radius 1 is 1.31 bits per heavy atom. The smallest absolute Gasteiger partial charge is 0.331 e. The van der Waals surface area contributed by atoms with Crippen molar-refractivity contribution in [2.24, 2.45) is 0 Å². The van der Waals surface area contributed by atoms with Gasteiger partial charge in [-0.1, -0.05) is 12.1 Å². The number of sulfone groups is 1. The number of ether oxygens (including phenoxy) is 1. The third-order valence-electron chi connectivity index (χ3n) is 4.27. The maximum atomic E-state index is 12.3. The van der Waals surface area contributed by atoms with Crippen LogP contribution in [0.4, 0.5) is 0 Å². The summed E-state index contributed by atoms with van der Waals surface area (Å²) in [4.78, 5) is 26.8. The van der Waals surface area contributed by atoms with E-state index in [0.29, 0.717) is 6.42 Å². The number of rotatable bonds is 6. The molecule has 8 heteroatoms. The standard InChI is InChI=1S/C18H23NO5S2/c1-13(18(21)19(2)15-10-11-26(22,23)12-15)24-17(20)9-6-14-4-7-16(25-3)8-5-14/h4-9,13,15H,10-12H2,1-3H3/b9-6+/t13-,15+/m0/s1. The fourth-order valence-electron chi connectivity index (χ4n) is 2.69. The number of hydrogen-bond acceptors (Lipinski definition) is 6. The van der Waals surface area contributed by atoms with Crippen molar-refractivity contribution in [1.82, 2.24) is 4.90 Å². The van der Waals surface area contributed by atoms with Crippen molar-refractivity contribution in [2.75, 3.05) is 24.8 Å². The third-order valence-corrected chi connectivity index (χ3v) is 6.77. The lowest BCUT2D eigenvalue weighted by Crippen LogP contribution is -2.44. The number of nitrogens with zero attached hydrogens (tertiary/aromatic N) is 1. The Kier molecular flexibility index (Phi) is 6.88. The molecule has 1 heterocycles. The van der Waals surface area contributed by atoms with Crippen molar-refractivity contribution in [3.63, 3.8) is 0 Å². The summed E-state index contributed by atoms with van der Waals surface area (Å²) in [6, 6.07) is 7.31. The van der Waals surface area contributed by atoms with Crippen molar-refractivity contribution < 1.29 is 22.7 Å². The van der Waals surface area contributed by atoms with Crippen LogP contribution in [0.2, 0.25) is 0 Å². The molecule has 142 valence electrons. The van der Waals surface area contributed by atoms with Crippen molar-refractivity contribution in [3.05, 3.63) is 35.9 Å². The highest BCUT2D eigenvalue weighted by molar-refractivity contribution is 7.98. The van der Waals surface area contributed by atoms with Crippen LogP contribution < -0.4 is 0 Å². The van der Waals surface area contributed by atoms with E-state index >= 15 is 0 Å². The molecule has 1 aliphatic heterocycles. The van der Waals surface area contributed by atoms with Crippen LogP contribution in [-0.2, 0) is 24.2 Å². The van der Waals surface area contributed by atoms with Gasteiger partial charge in [0.2, 0.25) is 0 Å². The Bertz CT molecular complexity index is 786. The van der Waals surface area contributed by atoms with Crippen LogP contribution in [0.5, 0.6) is 0 Å². The van der Waals surface area contributed by atoms with E-state index in [0.717, 1.165) is 10.5 Å². The Balaban J connectivity index is 1.89. The number of benzene rings is 1. The molecule has 0 spiro atoms. The molecule has 1 amide bonds. The normalized spacial score (nSPS) is 20.0. The lowest BCUT2D eigenvalue weighted by atomic mass is 10.2. The second-order valence-corrected chi connectivity index (χ2v) is 9.30. The van der Waals surface area contributed by atoms with E-state index in [4.69, 9.17) is 4.74 Å². The number of hydrogen-bond donors (Lipinski definition) is 0. The molecule has 2 atom stereocenters. The van der Waals surface area contributed by atoms with Gasteiger partial charge < -0.3 is 9.64 Å². The first-order chi connectivity index (χ1) is 12.2. The van der Waals surface area contributed by atoms with Crippen molar-refractivity contribution in [3.8, 4) is 0 Å². The van der Waals surface area contributed by atoms with Crippen LogP contribution in [-0.4, -0.2) is 62.1 Å². The maximum absolute atomic E-state index is 12.3. The number of likely N-dealkylation sites (N-methyl/N-ethyl adjacent to an activating group) is 1. The first-order valence-electron chi connectivity index (χ1n) is 8.21. The predicted molar refractivity (Wildman–Crippen MR) is 103 cm³/mol. The summed E-state index contributed by atoms with van der Waals surface area (Å²) in [7, 11) is -1.54. The average Bonchev–Trinajstić information content (AvgIpc) is 2.98. The highest BCUT2D eigenvalue weighted by atomic mass is 32.2. The highest BCUT2D eigenvalue weighted by Crippen LogP contribution is 2.18. The predicted octanol–water partition coefficient (Wildman–Crippen LogP) is 2.00. The number of carbonyl (C=O) groups excluding carboxylic acids is 2. The van der Waals surface area contributed by atoms with Gasteiger partial charge in [0.25, 0.3) is 5.91 Å². The van der Waals surface area contributed by atoms with Gasteiger partial charge >= 0.3 is 5.97 Å². The first kappa shape index (κ1) is 20.5. The van der Waals surface area contributed by atoms with Crippen LogP contribution >= 0.6 is 11.8 Å². The van der Waals surface area contributed by atoms with E-state index < -0.39 is 27.8 Å². The van der Waals surface area contributed by atoms with Crippen molar-refractivity contribution >= 4 is 39.6 Å². The number of thioether (sulfide) groups is 1. The van der Waals surface area contributed by atoms with E-state index in [2.05, 4.69) is 0 Å². The maximum Gasteiger partial charge on any atom is 0.331 e. The number of esters is 1. The van der Waals surface area contributed by atoms with Gasteiger partial charge in [-0.05, 0) is 43.4 Å². The van der Waals surface area contributed by atoms with Gasteiger partial charge in [-0.15, -0.1) is 11.8 Å². The zero-order chi connectivity index (χ0) is 19.3. The molecular formula is C18H23NO5S2. The van der Waals surface area contributed by atoms with Gasteiger partial charge in [0.15, 0.2) is 15.9 Å². The van der Waals surface area contributed by atoms with E-state index in [1.165, 1.54) is 17.9 Å². The molecule has 0 unspecified atom stereocenters. The Morgan fingerprint density at radius 3 is 2.50 bits per heavy atom. The zero-order valence-corrected chi connectivity index (χ0v) is 16.7. The summed E-state index contributed by atoms with van der Waals surface area (Å²) in [5, 5.41) is 0. The third kappa shape index (κ3) is 5.60. The van der Waals surface area contributed by atoms with Gasteiger partial charge in [0, 0.05) is 24.1 Å². The molecule has 1 aromatic carbocycles. The van der Waals surface area contributed by atoms with E-state index in [-0.39, 0.29) is 17.5 Å². The fourth-order valence-corrected chi connectivity index (χ4v) is 4.87. The molecule has 26 heavy (non-hydrogen) atoms. The topological polar surface area (TPSA) is 80.8 Å². The summed E-state index contributed by atoms with van der Waals surface area (Å²) in [5.74, 6) is -0.978. The van der Waals surface area contributed by atoms with Crippen LogP contribution in [0.15, 0.2) is 35.2 Å². The lowest BCUT2D eigenvalue weighted by Gasteiger charge is -2.26. The van der Waals surface area contributed by atoms with Gasteiger partial charge in [-0.25, -0.2) is 13.2 Å². The highest BCUT2D eigenvalue weighted by Gasteiger charge is 2.34. The molecule has 0 bridgehead atoms. The van der Waals surface area contributed by atoms with E-state index in [1.807, 2.05) is 30.5 Å². The minimum absolute atomic E-state index is 0.0398. The Morgan fingerprint density at radius 2 is 1.96 bits per heavy atom. The minimum atomic E-state index is -3.08. The van der Waals surface area contributed by atoms with Gasteiger partial charge in [-0.2, -0.15) is 0 Å². The minimum Gasteiger partial charge on any atom is -0.449 e. The first-order valence-corrected chi connectivity index (χ1v) is 11.3. The summed E-state index contributed by atoms with van der Waals surface area (Å²) >= 11 is 1.63. The van der Waals surface area contributed by atoms with E-state index in [9.17, 15) is 18.0 Å². The number of amides is 1. The van der Waals surface area contributed by atoms with Crippen LogP contribution in [0, 0.1) is 0 Å². The Labute approximate surface area is 158 Å². The molecule has 0 radical (unpaired) electrons. The molecular weight excluding hydrogens is 374 g/mol. The van der Waals surface area contributed by atoms with E-state index in [1.54, 1.807) is 24.9 Å². The monoisotopic (exact) mass is 397 g/mol. The van der Waals surface area contributed by atoms with Crippen LogP contribution in [0.25, 0.3) is 6.08 Å². The molecule has 0 saturated carbocycles. The quantitative estimate of drug-likeness (QED) is 0.415. The number of carbonyl (C=O) groups is 2. The molecule has 0 aliphatic carbocycles. The molecule has 1 saturated heterocycles. The molecule has 1 aromatic rings. The summed E-state index contributed by atoms with van der Waals surface area (Å²) in [6.45, 7) is 1.49. The second-order valence-electron chi connectivity index (χ2n) is 6.19. The summed E-state index contributed by atoms with van der Waals surface area (Å²) in [6.07, 6.45) is 4.32. The second kappa shape index (κ2) is 8.73. The van der Waals surface area contributed by atoms with Crippen LogP contribution in [0.3, 0.4) is 0 Å². The van der Waals surface area contributed by atoms with Crippen molar-refractivity contribution in [1.29, 1.82) is 0 Å². The zero-order valence-electron chi connectivity index (χ0n) is 15.0. The van der Waals surface area contributed by atoms with Gasteiger partial charge in [0.1, 0.15) is 0 Å². The lowest BCUT2D eigenvalue weighted by molar-refractivity contribution is -0.155. The fraction of sp³-hybridized carbons (Fsp3) is 0.444. The van der Waals surface area contributed by atoms with Gasteiger partial charge in [0.05, 0.1) is 11.5 Å². The van der Waals surface area contributed by atoms with Crippen molar-refractivity contribution in [2.45, 2.75) is 30.4 Å². The molecule has 2 rings (SSSR count). The Hall–Kier alpha value is -1.80. The van der Waals surface area contributed by atoms with Gasteiger partial charge in [-0.3, -0.25) is 4.79 Å². The van der Waals surface area contributed by atoms with Crippen LogP contribution in [0.1, 0.15) is 18.9 Å². The summed E-state index contributed by atoms with van der Waals surface area (Å²) < 4.78 is 28.2. The molecule has 0 aromatic heterocycles. The molecule has 6 nitrogen and oxygen atoms in total. The molecule has 1 aliphatic rings. The SMILES string of the molecule is CSc1ccc(/C=C/C(=O)O[C@@H](C)C(=O)N(C)[C@@H]2CCS(=O)(=O)C2)cc1. The largest absolute Gasteiger partial charge is 0.449 e. The summed E-state index contributed by atoms with van der Waals surface area (Å²) in [5.41, 5.74) is 0.854. The molecule has 0 N–H and O–H groups in total. The molecule has 1 fully saturated rings.